The Bertz CT molecular complexity index is 863. The van der Waals surface area contributed by atoms with Crippen LogP contribution in [0.2, 0.25) is 0 Å². The molecule has 9 heteroatoms. The van der Waals surface area contributed by atoms with Crippen LogP contribution >= 0.6 is 0 Å². The van der Waals surface area contributed by atoms with Gasteiger partial charge in [0.05, 0.1) is 18.2 Å². The highest BCUT2D eigenvalue weighted by molar-refractivity contribution is 6.01. The lowest BCUT2D eigenvalue weighted by Crippen LogP contribution is -2.58. The molecule has 1 heterocycles. The molecule has 184 valence electrons. The van der Waals surface area contributed by atoms with Crippen LogP contribution < -0.4 is 21.3 Å². The third-order valence-electron chi connectivity index (χ3n) is 5.32. The maximum absolute atomic E-state index is 12.7. The number of nitrogens with zero attached hydrogens (tertiary/aromatic N) is 2. The number of nitrogens with two attached hydrogens (primary N) is 1. The molecular formula is C24H39N5O4. The van der Waals surface area contributed by atoms with Crippen molar-refractivity contribution in [1.82, 2.24) is 15.5 Å². The molecule has 1 aromatic rings. The van der Waals surface area contributed by atoms with E-state index >= 15 is 0 Å². The van der Waals surface area contributed by atoms with Crippen molar-refractivity contribution in [3.05, 3.63) is 23.8 Å². The van der Waals surface area contributed by atoms with Crippen LogP contribution in [0, 0.1) is 5.92 Å². The van der Waals surface area contributed by atoms with Gasteiger partial charge in [-0.2, -0.15) is 0 Å². The minimum atomic E-state index is -0.555. The summed E-state index contributed by atoms with van der Waals surface area (Å²) in [6.07, 6.45) is -0.308. The summed E-state index contributed by atoms with van der Waals surface area (Å²) >= 11 is 0. The number of nitrogen functional groups attached to an aromatic ring is 1. The second-order valence-corrected chi connectivity index (χ2v) is 10.1. The van der Waals surface area contributed by atoms with Crippen LogP contribution in [0.1, 0.15) is 58.8 Å². The molecular weight excluding hydrogens is 422 g/mol. The molecule has 0 aliphatic carbocycles. The number of benzene rings is 1. The molecule has 1 aromatic carbocycles. The summed E-state index contributed by atoms with van der Waals surface area (Å²) in [6.45, 7) is 15.1. The van der Waals surface area contributed by atoms with E-state index in [9.17, 15) is 14.4 Å². The zero-order valence-electron chi connectivity index (χ0n) is 20.9. The van der Waals surface area contributed by atoms with Crippen molar-refractivity contribution < 1.29 is 19.1 Å². The van der Waals surface area contributed by atoms with Crippen LogP contribution in [0.4, 0.5) is 16.2 Å². The van der Waals surface area contributed by atoms with Gasteiger partial charge in [0.15, 0.2) is 0 Å². The van der Waals surface area contributed by atoms with Gasteiger partial charge in [-0.05, 0) is 58.7 Å². The fraction of sp³-hybridized carbons (Fsp3) is 0.625. The van der Waals surface area contributed by atoms with E-state index < -0.39 is 11.5 Å². The smallest absolute Gasteiger partial charge is 0.410 e. The number of amides is 3. The van der Waals surface area contributed by atoms with Crippen molar-refractivity contribution in [2.75, 3.05) is 36.8 Å². The zero-order chi connectivity index (χ0) is 24.9. The predicted octanol–water partition coefficient (Wildman–Crippen LogP) is 2.60. The number of nitrogens with one attached hydrogen (secondary N) is 2. The van der Waals surface area contributed by atoms with E-state index in [2.05, 4.69) is 29.4 Å². The summed E-state index contributed by atoms with van der Waals surface area (Å²) < 4.78 is 5.60. The lowest BCUT2D eigenvalue weighted by Gasteiger charge is -2.44. The first-order valence-electron chi connectivity index (χ1n) is 11.5. The first-order chi connectivity index (χ1) is 15.3. The molecule has 1 atom stereocenters. The molecule has 3 amide bonds. The van der Waals surface area contributed by atoms with Crippen molar-refractivity contribution in [3.8, 4) is 0 Å². The standard InChI is InChI=1S/C24H39N5O4/c1-15(2)20-14-28(10-11-29(20)23(32)33-24(5,6)7)17-8-9-19(25)18(12-17)22(31)26-13-21(30)27-16(3)4/h8-9,12,15-16,20H,10-11,13-14,25H2,1-7H3,(H,26,31)(H,27,30). The van der Waals surface area contributed by atoms with Gasteiger partial charge >= 0.3 is 6.09 Å². The maximum Gasteiger partial charge on any atom is 0.410 e. The van der Waals surface area contributed by atoms with Gasteiger partial charge in [0.2, 0.25) is 5.91 Å². The van der Waals surface area contributed by atoms with Crippen molar-refractivity contribution in [2.24, 2.45) is 5.92 Å². The number of rotatable bonds is 6. The number of hydrogen-bond acceptors (Lipinski definition) is 6. The minimum absolute atomic E-state index is 0.00366. The maximum atomic E-state index is 12.7. The lowest BCUT2D eigenvalue weighted by molar-refractivity contribution is -0.120. The number of piperazine rings is 1. The highest BCUT2D eigenvalue weighted by atomic mass is 16.6. The Morgan fingerprint density at radius 2 is 1.82 bits per heavy atom. The van der Waals surface area contributed by atoms with Crippen LogP contribution in [0.5, 0.6) is 0 Å². The summed E-state index contributed by atoms with van der Waals surface area (Å²) in [4.78, 5) is 41.2. The summed E-state index contributed by atoms with van der Waals surface area (Å²) in [5.41, 5.74) is 7.00. The fourth-order valence-corrected chi connectivity index (χ4v) is 3.73. The Kier molecular flexibility index (Phi) is 8.57. The first kappa shape index (κ1) is 26.3. The van der Waals surface area contributed by atoms with E-state index in [-0.39, 0.29) is 36.5 Å². The molecule has 1 fully saturated rings. The van der Waals surface area contributed by atoms with Gasteiger partial charge in [-0.25, -0.2) is 4.79 Å². The second-order valence-electron chi connectivity index (χ2n) is 10.1. The Labute approximate surface area is 197 Å². The number of anilines is 2. The predicted molar refractivity (Wildman–Crippen MR) is 130 cm³/mol. The number of hydrogen-bond donors (Lipinski definition) is 3. The molecule has 0 spiro atoms. The largest absolute Gasteiger partial charge is 0.444 e. The van der Waals surface area contributed by atoms with Crippen molar-refractivity contribution in [1.29, 1.82) is 0 Å². The monoisotopic (exact) mass is 461 g/mol. The van der Waals surface area contributed by atoms with Crippen molar-refractivity contribution in [2.45, 2.75) is 66.2 Å². The third-order valence-corrected chi connectivity index (χ3v) is 5.32. The van der Waals surface area contributed by atoms with Gasteiger partial charge in [0.25, 0.3) is 5.91 Å². The van der Waals surface area contributed by atoms with E-state index in [4.69, 9.17) is 10.5 Å². The van der Waals surface area contributed by atoms with E-state index in [1.165, 1.54) is 0 Å². The molecule has 0 saturated carbocycles. The molecule has 0 aromatic heterocycles. The van der Waals surface area contributed by atoms with Gasteiger partial charge in [0, 0.05) is 37.1 Å². The molecule has 1 aliphatic heterocycles. The van der Waals surface area contributed by atoms with E-state index in [0.29, 0.717) is 30.9 Å². The van der Waals surface area contributed by atoms with Crippen molar-refractivity contribution >= 4 is 29.3 Å². The van der Waals surface area contributed by atoms with Gasteiger partial charge in [-0.1, -0.05) is 13.8 Å². The molecule has 4 N–H and O–H groups in total. The Hall–Kier alpha value is -2.97. The summed E-state index contributed by atoms with van der Waals surface area (Å²) in [5.74, 6) is -0.441. The highest BCUT2D eigenvalue weighted by Crippen LogP contribution is 2.27. The van der Waals surface area contributed by atoms with Gasteiger partial charge in [-0.15, -0.1) is 0 Å². The average Bonchev–Trinajstić information content (AvgIpc) is 2.70. The third kappa shape index (κ3) is 7.54. The number of carbonyl (C=O) groups excluding carboxylic acids is 3. The van der Waals surface area contributed by atoms with Crippen LogP contribution in [0.25, 0.3) is 0 Å². The lowest BCUT2D eigenvalue weighted by atomic mass is 9.99. The Morgan fingerprint density at radius 3 is 2.39 bits per heavy atom. The van der Waals surface area contributed by atoms with E-state index in [1.54, 1.807) is 17.0 Å². The molecule has 0 radical (unpaired) electrons. The zero-order valence-corrected chi connectivity index (χ0v) is 20.9. The molecule has 9 nitrogen and oxygen atoms in total. The van der Waals surface area contributed by atoms with Crippen molar-refractivity contribution in [3.63, 3.8) is 0 Å². The van der Waals surface area contributed by atoms with Crippen LogP contribution in [0.3, 0.4) is 0 Å². The summed E-state index contributed by atoms with van der Waals surface area (Å²) in [7, 11) is 0. The Morgan fingerprint density at radius 1 is 1.15 bits per heavy atom. The SMILES string of the molecule is CC(C)NC(=O)CNC(=O)c1cc(N2CCN(C(=O)OC(C)(C)C)C(C(C)C)C2)ccc1N. The summed E-state index contributed by atoms with van der Waals surface area (Å²) in [6, 6.07) is 5.27. The van der Waals surface area contributed by atoms with E-state index in [1.807, 2.05) is 40.7 Å². The average molecular weight is 462 g/mol. The number of ether oxygens (including phenoxy) is 1. The van der Waals surface area contributed by atoms with Gasteiger partial charge < -0.3 is 30.9 Å². The molecule has 1 unspecified atom stereocenters. The summed E-state index contributed by atoms with van der Waals surface area (Å²) in [5, 5.41) is 5.36. The van der Waals surface area contributed by atoms with Crippen LogP contribution in [-0.2, 0) is 9.53 Å². The number of carbonyl (C=O) groups is 3. The van der Waals surface area contributed by atoms with Crippen LogP contribution in [0.15, 0.2) is 18.2 Å². The molecule has 1 saturated heterocycles. The first-order valence-corrected chi connectivity index (χ1v) is 11.5. The Balaban J connectivity index is 2.14. The molecule has 2 rings (SSSR count). The van der Waals surface area contributed by atoms with E-state index in [0.717, 1.165) is 5.69 Å². The second kappa shape index (κ2) is 10.8. The molecule has 33 heavy (non-hydrogen) atoms. The van der Waals surface area contributed by atoms with Gasteiger partial charge in [-0.3, -0.25) is 9.59 Å². The molecule has 1 aliphatic rings. The topological polar surface area (TPSA) is 117 Å². The minimum Gasteiger partial charge on any atom is -0.444 e. The normalized spacial score (nSPS) is 16.7. The quantitative estimate of drug-likeness (QED) is 0.561. The molecule has 0 bridgehead atoms. The van der Waals surface area contributed by atoms with Crippen LogP contribution in [-0.4, -0.2) is 66.7 Å². The highest BCUT2D eigenvalue weighted by Gasteiger charge is 2.35. The fourth-order valence-electron chi connectivity index (χ4n) is 3.73. The van der Waals surface area contributed by atoms with Gasteiger partial charge in [0.1, 0.15) is 5.60 Å².